The minimum atomic E-state index is -0.318. The second-order valence-electron chi connectivity index (χ2n) is 3.70. The van der Waals surface area contributed by atoms with E-state index in [-0.39, 0.29) is 5.97 Å². The lowest BCUT2D eigenvalue weighted by Gasteiger charge is -2.00. The molecule has 84 valence electrons. The molecule has 0 spiro atoms. The molecule has 0 N–H and O–H groups in total. The maximum Gasteiger partial charge on any atom is 0.331 e. The van der Waals surface area contributed by atoms with Crippen molar-refractivity contribution in [3.05, 3.63) is 59.7 Å². The van der Waals surface area contributed by atoms with E-state index in [9.17, 15) is 4.79 Å². The third-order valence-electron chi connectivity index (χ3n) is 1.89. The maximum absolute atomic E-state index is 11.3. The second kappa shape index (κ2) is 6.62. The number of carbonyl (C=O) groups is 1. The van der Waals surface area contributed by atoms with Crippen LogP contribution >= 0.6 is 0 Å². The van der Waals surface area contributed by atoms with Gasteiger partial charge in [-0.25, -0.2) is 4.79 Å². The van der Waals surface area contributed by atoms with Crippen LogP contribution in [0.5, 0.6) is 0 Å². The highest BCUT2D eigenvalue weighted by atomic mass is 16.5. The van der Waals surface area contributed by atoms with Crippen LogP contribution in [0.3, 0.4) is 0 Å². The first kappa shape index (κ1) is 12.2. The number of hydrogen-bond acceptors (Lipinski definition) is 2. The summed E-state index contributed by atoms with van der Waals surface area (Å²) in [6, 6.07) is 9.62. The van der Waals surface area contributed by atoms with Gasteiger partial charge in [0.05, 0.1) is 0 Å². The topological polar surface area (TPSA) is 26.3 Å². The van der Waals surface area contributed by atoms with E-state index >= 15 is 0 Å². The molecule has 2 heteroatoms. The molecule has 0 saturated heterocycles. The summed E-state index contributed by atoms with van der Waals surface area (Å²) in [6.45, 7) is 4.26. The Hall–Kier alpha value is -1.83. The highest BCUT2D eigenvalue weighted by molar-refractivity contribution is 5.82. The molecule has 0 aliphatic rings. The molecule has 0 heterocycles. The fourth-order valence-electron chi connectivity index (χ4n) is 1.10. The van der Waals surface area contributed by atoms with Gasteiger partial charge in [-0.2, -0.15) is 0 Å². The zero-order chi connectivity index (χ0) is 11.8. The van der Waals surface area contributed by atoms with Crippen LogP contribution < -0.4 is 0 Å². The van der Waals surface area contributed by atoms with Gasteiger partial charge in [0.15, 0.2) is 0 Å². The van der Waals surface area contributed by atoms with Crippen LogP contribution in [-0.4, -0.2) is 5.97 Å². The standard InChI is InChI=1S/C14H16O2/c1-12(2)7-6-10-14(15)16-11-13-8-4-3-5-9-13/h3-10H,11H2,1-2H3. The summed E-state index contributed by atoms with van der Waals surface area (Å²) in [5, 5.41) is 0. The van der Waals surface area contributed by atoms with Crippen molar-refractivity contribution in [3.8, 4) is 0 Å². The van der Waals surface area contributed by atoms with E-state index in [2.05, 4.69) is 0 Å². The molecule has 0 saturated carbocycles. The predicted octanol–water partition coefficient (Wildman–Crippen LogP) is 3.25. The van der Waals surface area contributed by atoms with Gasteiger partial charge in [0.2, 0.25) is 0 Å². The molecule has 0 radical (unpaired) electrons. The summed E-state index contributed by atoms with van der Waals surface area (Å²) in [4.78, 5) is 11.3. The minimum absolute atomic E-state index is 0.318. The first-order chi connectivity index (χ1) is 7.68. The zero-order valence-corrected chi connectivity index (χ0v) is 9.64. The molecular weight excluding hydrogens is 200 g/mol. The fourth-order valence-corrected chi connectivity index (χ4v) is 1.10. The number of hydrogen-bond donors (Lipinski definition) is 0. The van der Waals surface area contributed by atoms with Gasteiger partial charge >= 0.3 is 5.97 Å². The molecule has 0 atom stereocenters. The van der Waals surface area contributed by atoms with Crippen LogP contribution in [0.15, 0.2) is 54.1 Å². The Morgan fingerprint density at radius 3 is 2.56 bits per heavy atom. The van der Waals surface area contributed by atoms with Crippen molar-refractivity contribution in [2.75, 3.05) is 0 Å². The lowest BCUT2D eigenvalue weighted by molar-refractivity contribution is -0.139. The fraction of sp³-hybridized carbons (Fsp3) is 0.214. The lowest BCUT2D eigenvalue weighted by Crippen LogP contribution is -2.00. The van der Waals surface area contributed by atoms with Crippen LogP contribution in [0.4, 0.5) is 0 Å². The Morgan fingerprint density at radius 1 is 1.25 bits per heavy atom. The molecule has 1 rings (SSSR count). The van der Waals surface area contributed by atoms with Gasteiger partial charge in [-0.3, -0.25) is 0 Å². The Kier molecular flexibility index (Phi) is 5.06. The van der Waals surface area contributed by atoms with Crippen molar-refractivity contribution in [1.82, 2.24) is 0 Å². The van der Waals surface area contributed by atoms with E-state index in [1.165, 1.54) is 6.08 Å². The summed E-state index contributed by atoms with van der Waals surface area (Å²) >= 11 is 0. The number of ether oxygens (including phenoxy) is 1. The second-order valence-corrected chi connectivity index (χ2v) is 3.70. The Morgan fingerprint density at radius 2 is 1.94 bits per heavy atom. The van der Waals surface area contributed by atoms with Crippen LogP contribution in [0.25, 0.3) is 0 Å². The zero-order valence-electron chi connectivity index (χ0n) is 9.64. The van der Waals surface area contributed by atoms with Crippen molar-refractivity contribution >= 4 is 5.97 Å². The molecule has 0 bridgehead atoms. The number of benzene rings is 1. The van der Waals surface area contributed by atoms with Gasteiger partial charge in [0, 0.05) is 6.08 Å². The van der Waals surface area contributed by atoms with Gasteiger partial charge in [0.25, 0.3) is 0 Å². The summed E-state index contributed by atoms with van der Waals surface area (Å²) in [5.74, 6) is -0.318. The normalized spacial score (nSPS) is 10.1. The number of carbonyl (C=O) groups excluding carboxylic acids is 1. The molecular formula is C14H16O2. The van der Waals surface area contributed by atoms with Gasteiger partial charge < -0.3 is 4.74 Å². The van der Waals surface area contributed by atoms with Gasteiger partial charge in [0.1, 0.15) is 6.61 Å². The molecule has 0 aliphatic heterocycles. The van der Waals surface area contributed by atoms with E-state index < -0.39 is 0 Å². The van der Waals surface area contributed by atoms with Gasteiger partial charge in [-0.15, -0.1) is 0 Å². The van der Waals surface area contributed by atoms with Crippen molar-refractivity contribution in [2.24, 2.45) is 0 Å². The molecule has 1 aromatic rings. The van der Waals surface area contributed by atoms with Crippen molar-refractivity contribution in [2.45, 2.75) is 20.5 Å². The van der Waals surface area contributed by atoms with E-state index in [0.29, 0.717) is 6.61 Å². The van der Waals surface area contributed by atoms with Crippen LogP contribution in [0, 0.1) is 0 Å². The quantitative estimate of drug-likeness (QED) is 0.438. The number of allylic oxidation sites excluding steroid dienone is 3. The SMILES string of the molecule is CC(C)=CC=CC(=O)OCc1ccccc1. The third kappa shape index (κ3) is 5.15. The Balaban J connectivity index is 2.36. The summed E-state index contributed by atoms with van der Waals surface area (Å²) in [5.41, 5.74) is 2.14. The highest BCUT2D eigenvalue weighted by Gasteiger charge is 1.96. The van der Waals surface area contributed by atoms with Crippen molar-refractivity contribution < 1.29 is 9.53 Å². The van der Waals surface area contributed by atoms with Crippen molar-refractivity contribution in [1.29, 1.82) is 0 Å². The van der Waals surface area contributed by atoms with Crippen LogP contribution in [-0.2, 0) is 16.1 Å². The molecule has 0 aliphatic carbocycles. The molecule has 0 aromatic heterocycles. The monoisotopic (exact) mass is 216 g/mol. The maximum atomic E-state index is 11.3. The van der Waals surface area contributed by atoms with Crippen LogP contribution in [0.1, 0.15) is 19.4 Å². The molecule has 1 aromatic carbocycles. The highest BCUT2D eigenvalue weighted by Crippen LogP contribution is 2.01. The first-order valence-electron chi connectivity index (χ1n) is 5.21. The first-order valence-corrected chi connectivity index (χ1v) is 5.21. The molecule has 16 heavy (non-hydrogen) atoms. The molecule has 0 fully saturated rings. The summed E-state index contributed by atoms with van der Waals surface area (Å²) in [7, 11) is 0. The average Bonchev–Trinajstić information content (AvgIpc) is 2.27. The van der Waals surface area contributed by atoms with E-state index in [0.717, 1.165) is 11.1 Å². The molecule has 2 nitrogen and oxygen atoms in total. The average molecular weight is 216 g/mol. The smallest absolute Gasteiger partial charge is 0.331 e. The Bertz CT molecular complexity index is 384. The summed E-state index contributed by atoms with van der Waals surface area (Å²) < 4.78 is 5.05. The Labute approximate surface area is 96.2 Å². The van der Waals surface area contributed by atoms with Crippen LogP contribution in [0.2, 0.25) is 0 Å². The van der Waals surface area contributed by atoms with Gasteiger partial charge in [-0.1, -0.05) is 48.1 Å². The van der Waals surface area contributed by atoms with Gasteiger partial charge in [-0.05, 0) is 19.4 Å². The molecule has 0 unspecified atom stereocenters. The number of rotatable bonds is 4. The lowest BCUT2D eigenvalue weighted by atomic mass is 10.2. The summed E-state index contributed by atoms with van der Waals surface area (Å²) in [6.07, 6.45) is 4.99. The van der Waals surface area contributed by atoms with E-state index in [4.69, 9.17) is 4.74 Å². The van der Waals surface area contributed by atoms with Crippen molar-refractivity contribution in [3.63, 3.8) is 0 Å². The van der Waals surface area contributed by atoms with E-state index in [1.54, 1.807) is 6.08 Å². The number of esters is 1. The third-order valence-corrected chi connectivity index (χ3v) is 1.89. The predicted molar refractivity (Wildman–Crippen MR) is 64.8 cm³/mol. The van der Waals surface area contributed by atoms with E-state index in [1.807, 2.05) is 50.3 Å². The molecule has 0 amide bonds. The minimum Gasteiger partial charge on any atom is -0.458 e. The largest absolute Gasteiger partial charge is 0.458 e.